The fraction of sp³-hybridized carbons (Fsp3) is 0.846. The molecule has 0 spiro atoms. The summed E-state index contributed by atoms with van der Waals surface area (Å²) in [6.45, 7) is 14.6. The summed E-state index contributed by atoms with van der Waals surface area (Å²) < 4.78 is 7.48. The third-order valence-electron chi connectivity index (χ3n) is 2.22. The Kier molecular flexibility index (Phi) is 4.87. The van der Waals surface area contributed by atoms with Crippen LogP contribution in [0.15, 0.2) is 6.33 Å². The highest BCUT2D eigenvalue weighted by atomic mass is 16.5. The highest BCUT2D eigenvalue weighted by Crippen LogP contribution is 2.06. The Hall–Kier alpha value is -0.940. The number of hydrogen-bond acceptors (Lipinski definition) is 4. The van der Waals surface area contributed by atoms with Crippen LogP contribution >= 0.6 is 0 Å². The number of nitrogens with one attached hydrogen (secondary N) is 1. The Morgan fingerprint density at radius 2 is 1.89 bits per heavy atom. The van der Waals surface area contributed by atoms with Gasteiger partial charge in [0.2, 0.25) is 0 Å². The molecule has 0 unspecified atom stereocenters. The molecule has 0 atom stereocenters. The van der Waals surface area contributed by atoms with Gasteiger partial charge in [-0.2, -0.15) is 5.10 Å². The Morgan fingerprint density at radius 3 is 2.44 bits per heavy atom. The van der Waals surface area contributed by atoms with Crippen LogP contribution in [0.5, 0.6) is 0 Å². The second-order valence-corrected chi connectivity index (χ2v) is 6.49. The lowest BCUT2D eigenvalue weighted by Gasteiger charge is -2.19. The van der Waals surface area contributed by atoms with Crippen LogP contribution in [0.1, 0.15) is 47.4 Å². The van der Waals surface area contributed by atoms with E-state index in [1.54, 1.807) is 6.33 Å². The molecule has 0 aromatic carbocycles. The molecule has 104 valence electrons. The quantitative estimate of drug-likeness (QED) is 0.873. The molecule has 1 N–H and O–H groups in total. The predicted octanol–water partition coefficient (Wildman–Crippen LogP) is 1.98. The van der Waals surface area contributed by atoms with Gasteiger partial charge in [0, 0.05) is 5.54 Å². The van der Waals surface area contributed by atoms with E-state index in [1.165, 1.54) is 0 Å². The number of aromatic nitrogens is 3. The molecule has 0 saturated carbocycles. The van der Waals surface area contributed by atoms with Crippen LogP contribution in [0.3, 0.4) is 0 Å². The number of rotatable bonds is 5. The Bertz CT molecular complexity index is 360. The lowest BCUT2D eigenvalue weighted by molar-refractivity contribution is -0.00795. The molecule has 5 nitrogen and oxygen atoms in total. The summed E-state index contributed by atoms with van der Waals surface area (Å²) in [5, 5.41) is 7.76. The third kappa shape index (κ3) is 6.71. The van der Waals surface area contributed by atoms with E-state index in [-0.39, 0.29) is 11.1 Å². The fourth-order valence-corrected chi connectivity index (χ4v) is 1.31. The second-order valence-electron chi connectivity index (χ2n) is 6.49. The molecule has 0 aliphatic heterocycles. The average molecular weight is 254 g/mol. The lowest BCUT2D eigenvalue weighted by Crippen LogP contribution is -2.35. The molecular weight excluding hydrogens is 228 g/mol. The van der Waals surface area contributed by atoms with E-state index in [2.05, 4.69) is 36.2 Å². The highest BCUT2D eigenvalue weighted by molar-refractivity contribution is 4.83. The van der Waals surface area contributed by atoms with Gasteiger partial charge >= 0.3 is 0 Å². The smallest absolute Gasteiger partial charge is 0.164 e. The Morgan fingerprint density at radius 1 is 1.22 bits per heavy atom. The van der Waals surface area contributed by atoms with Crippen molar-refractivity contribution >= 4 is 0 Å². The molecule has 0 aliphatic rings. The van der Waals surface area contributed by atoms with E-state index in [9.17, 15) is 0 Å². The molecule has 5 heteroatoms. The summed E-state index contributed by atoms with van der Waals surface area (Å²) in [6.07, 6.45) is 1.76. The van der Waals surface area contributed by atoms with Crippen LogP contribution in [-0.4, -0.2) is 32.5 Å². The first-order valence-electron chi connectivity index (χ1n) is 6.43. The predicted molar refractivity (Wildman–Crippen MR) is 72.3 cm³/mol. The van der Waals surface area contributed by atoms with Gasteiger partial charge in [0.05, 0.1) is 25.3 Å². The molecule has 0 fully saturated rings. The van der Waals surface area contributed by atoms with E-state index >= 15 is 0 Å². The summed E-state index contributed by atoms with van der Waals surface area (Å²) in [4.78, 5) is 4.27. The van der Waals surface area contributed by atoms with Crippen molar-refractivity contribution in [2.24, 2.45) is 0 Å². The maximum absolute atomic E-state index is 5.65. The number of hydrogen-bond donors (Lipinski definition) is 1. The molecule has 0 radical (unpaired) electrons. The first kappa shape index (κ1) is 15.1. The van der Waals surface area contributed by atoms with Crippen molar-refractivity contribution < 1.29 is 4.74 Å². The van der Waals surface area contributed by atoms with Crippen LogP contribution in [-0.2, 0) is 17.8 Å². The van der Waals surface area contributed by atoms with Gasteiger partial charge in [-0.15, -0.1) is 0 Å². The van der Waals surface area contributed by atoms with Crippen LogP contribution in [0.25, 0.3) is 0 Å². The van der Waals surface area contributed by atoms with Crippen LogP contribution in [0, 0.1) is 0 Å². The normalized spacial score (nSPS) is 13.0. The van der Waals surface area contributed by atoms with E-state index in [4.69, 9.17) is 4.74 Å². The van der Waals surface area contributed by atoms with Crippen molar-refractivity contribution in [1.29, 1.82) is 0 Å². The average Bonchev–Trinajstić information content (AvgIpc) is 2.60. The minimum Gasteiger partial charge on any atom is -0.374 e. The summed E-state index contributed by atoms with van der Waals surface area (Å²) >= 11 is 0. The van der Waals surface area contributed by atoms with Crippen molar-refractivity contribution in [3.8, 4) is 0 Å². The maximum atomic E-state index is 5.65. The first-order chi connectivity index (χ1) is 8.16. The van der Waals surface area contributed by atoms with E-state index in [0.717, 1.165) is 12.4 Å². The molecule has 0 saturated heterocycles. The van der Waals surface area contributed by atoms with Crippen molar-refractivity contribution in [3.63, 3.8) is 0 Å². The van der Waals surface area contributed by atoms with Gasteiger partial charge in [-0.25, -0.2) is 4.98 Å². The Labute approximate surface area is 110 Å². The van der Waals surface area contributed by atoms with Crippen molar-refractivity contribution in [3.05, 3.63) is 12.2 Å². The zero-order chi connectivity index (χ0) is 13.8. The van der Waals surface area contributed by atoms with Gasteiger partial charge in [0.15, 0.2) is 5.82 Å². The SMILES string of the molecule is CC(C)(C)NCc1ncn(CCOC(C)(C)C)n1. The largest absolute Gasteiger partial charge is 0.374 e. The number of nitrogens with zero attached hydrogens (tertiary/aromatic N) is 3. The monoisotopic (exact) mass is 254 g/mol. The Balaban J connectivity index is 2.35. The lowest BCUT2D eigenvalue weighted by atomic mass is 10.1. The summed E-state index contributed by atoms with van der Waals surface area (Å²) in [5.74, 6) is 0.820. The van der Waals surface area contributed by atoms with Crippen molar-refractivity contribution in [1.82, 2.24) is 20.1 Å². The minimum absolute atomic E-state index is 0.0841. The number of ether oxygens (including phenoxy) is 1. The molecule has 1 aromatic rings. The molecule has 0 amide bonds. The van der Waals surface area contributed by atoms with Gasteiger partial charge in [0.1, 0.15) is 6.33 Å². The van der Waals surface area contributed by atoms with Crippen LogP contribution in [0.4, 0.5) is 0 Å². The molecule has 18 heavy (non-hydrogen) atoms. The maximum Gasteiger partial charge on any atom is 0.164 e. The van der Waals surface area contributed by atoms with E-state index < -0.39 is 0 Å². The topological polar surface area (TPSA) is 52.0 Å². The molecule has 1 heterocycles. The molecule has 1 rings (SSSR count). The van der Waals surface area contributed by atoms with E-state index in [1.807, 2.05) is 25.5 Å². The summed E-state index contributed by atoms with van der Waals surface area (Å²) in [6, 6.07) is 0. The standard InChI is InChI=1S/C13H26N4O/c1-12(2,3)15-9-11-14-10-17(16-11)7-8-18-13(4,5)6/h10,15H,7-9H2,1-6H3. The van der Waals surface area contributed by atoms with Gasteiger partial charge in [0.25, 0.3) is 0 Å². The van der Waals surface area contributed by atoms with Crippen molar-refractivity contribution in [2.45, 2.75) is 65.8 Å². The molecule has 1 aromatic heterocycles. The van der Waals surface area contributed by atoms with Gasteiger partial charge in [-0.1, -0.05) is 0 Å². The molecule has 0 bridgehead atoms. The van der Waals surface area contributed by atoms with E-state index in [0.29, 0.717) is 13.2 Å². The summed E-state index contributed by atoms with van der Waals surface area (Å²) in [5.41, 5.74) is -0.0159. The van der Waals surface area contributed by atoms with Crippen LogP contribution < -0.4 is 5.32 Å². The van der Waals surface area contributed by atoms with Crippen LogP contribution in [0.2, 0.25) is 0 Å². The molecule has 0 aliphatic carbocycles. The van der Waals surface area contributed by atoms with Gasteiger partial charge < -0.3 is 10.1 Å². The summed E-state index contributed by atoms with van der Waals surface area (Å²) in [7, 11) is 0. The first-order valence-corrected chi connectivity index (χ1v) is 6.43. The third-order valence-corrected chi connectivity index (χ3v) is 2.22. The van der Waals surface area contributed by atoms with Gasteiger partial charge in [-0.3, -0.25) is 4.68 Å². The highest BCUT2D eigenvalue weighted by Gasteiger charge is 2.11. The second kappa shape index (κ2) is 5.80. The van der Waals surface area contributed by atoms with Gasteiger partial charge in [-0.05, 0) is 41.5 Å². The minimum atomic E-state index is -0.1000. The fourth-order valence-electron chi connectivity index (χ4n) is 1.31. The zero-order valence-corrected chi connectivity index (χ0v) is 12.4. The zero-order valence-electron chi connectivity index (χ0n) is 12.4. The van der Waals surface area contributed by atoms with Crippen molar-refractivity contribution in [2.75, 3.05) is 6.61 Å². The molecular formula is C13H26N4O.